The first-order valence-electron chi connectivity index (χ1n) is 6.70. The van der Waals surface area contributed by atoms with Crippen LogP contribution in [0.3, 0.4) is 0 Å². The van der Waals surface area contributed by atoms with Crippen LogP contribution in [0.25, 0.3) is 0 Å². The first-order chi connectivity index (χ1) is 9.22. The molecule has 1 aliphatic rings. The van der Waals surface area contributed by atoms with Gasteiger partial charge in [0.1, 0.15) is 5.69 Å². The van der Waals surface area contributed by atoms with E-state index in [2.05, 4.69) is 29.2 Å². The Kier molecular flexibility index (Phi) is 3.11. The van der Waals surface area contributed by atoms with Crippen molar-refractivity contribution in [3.05, 3.63) is 58.9 Å². The maximum atomic E-state index is 10.9. The first kappa shape index (κ1) is 12.0. The van der Waals surface area contributed by atoms with Gasteiger partial charge < -0.3 is 10.1 Å². The minimum Gasteiger partial charge on any atom is -0.477 e. The fraction of sp³-hybridized carbons (Fsp3) is 0.312. The van der Waals surface area contributed by atoms with Crippen molar-refractivity contribution < 1.29 is 9.90 Å². The van der Waals surface area contributed by atoms with Crippen LogP contribution in [-0.2, 0) is 19.3 Å². The Morgan fingerprint density at radius 3 is 2.74 bits per heavy atom. The van der Waals surface area contributed by atoms with E-state index < -0.39 is 5.97 Å². The first-order valence-corrected chi connectivity index (χ1v) is 6.70. The van der Waals surface area contributed by atoms with Gasteiger partial charge >= 0.3 is 5.97 Å². The zero-order chi connectivity index (χ0) is 13.2. The molecule has 0 amide bonds. The van der Waals surface area contributed by atoms with Crippen molar-refractivity contribution in [1.82, 2.24) is 4.98 Å². The topological polar surface area (TPSA) is 53.1 Å². The Morgan fingerprint density at radius 1 is 1.26 bits per heavy atom. The van der Waals surface area contributed by atoms with Crippen LogP contribution in [0.15, 0.2) is 36.4 Å². The van der Waals surface area contributed by atoms with Crippen LogP contribution < -0.4 is 0 Å². The van der Waals surface area contributed by atoms with Crippen LogP contribution in [0.5, 0.6) is 0 Å². The second-order valence-corrected chi connectivity index (χ2v) is 5.29. The molecule has 1 heterocycles. The van der Waals surface area contributed by atoms with Crippen LogP contribution in [0, 0.1) is 5.92 Å². The fourth-order valence-electron chi connectivity index (χ4n) is 2.91. The number of fused-ring (bicyclic) bond motifs is 1. The average molecular weight is 255 g/mol. The molecule has 0 saturated carbocycles. The van der Waals surface area contributed by atoms with Gasteiger partial charge in [0.25, 0.3) is 0 Å². The summed E-state index contributed by atoms with van der Waals surface area (Å²) in [5.41, 5.74) is 4.02. The molecule has 1 aliphatic carbocycles. The van der Waals surface area contributed by atoms with Crippen LogP contribution in [-0.4, -0.2) is 16.1 Å². The Labute approximate surface area is 112 Å². The van der Waals surface area contributed by atoms with E-state index in [0.29, 0.717) is 11.6 Å². The van der Waals surface area contributed by atoms with Gasteiger partial charge in [-0.2, -0.15) is 0 Å². The highest BCUT2D eigenvalue weighted by Crippen LogP contribution is 2.30. The van der Waals surface area contributed by atoms with Gasteiger partial charge in [0, 0.05) is 5.69 Å². The van der Waals surface area contributed by atoms with Gasteiger partial charge in [-0.15, -0.1) is 0 Å². The van der Waals surface area contributed by atoms with E-state index in [1.54, 1.807) is 6.07 Å². The number of aryl methyl sites for hydroxylation is 1. The number of benzene rings is 1. The van der Waals surface area contributed by atoms with Gasteiger partial charge in [-0.3, -0.25) is 0 Å². The summed E-state index contributed by atoms with van der Waals surface area (Å²) in [4.78, 5) is 13.9. The van der Waals surface area contributed by atoms with Gasteiger partial charge in [-0.05, 0) is 48.8 Å². The number of rotatable bonds is 4. The van der Waals surface area contributed by atoms with Crippen molar-refractivity contribution in [3.8, 4) is 0 Å². The van der Waals surface area contributed by atoms with E-state index in [-0.39, 0.29) is 0 Å². The zero-order valence-electron chi connectivity index (χ0n) is 10.7. The molecule has 98 valence electrons. The molecule has 19 heavy (non-hydrogen) atoms. The summed E-state index contributed by atoms with van der Waals surface area (Å²) in [6.07, 6.45) is 4.25. The second-order valence-electron chi connectivity index (χ2n) is 5.29. The number of hydrogen-bond acceptors (Lipinski definition) is 1. The van der Waals surface area contributed by atoms with E-state index in [1.807, 2.05) is 6.07 Å². The average Bonchev–Trinajstić information content (AvgIpc) is 2.95. The summed E-state index contributed by atoms with van der Waals surface area (Å²) in [7, 11) is 0. The Hall–Kier alpha value is -2.03. The number of aromatic amines is 1. The maximum Gasteiger partial charge on any atom is 0.352 e. The molecular formula is C16H17NO2. The van der Waals surface area contributed by atoms with Gasteiger partial charge in [0.05, 0.1) is 0 Å². The third kappa shape index (κ3) is 2.55. The summed E-state index contributed by atoms with van der Waals surface area (Å²) in [5.74, 6) is -0.223. The molecule has 0 bridgehead atoms. The number of carboxylic acid groups (broad SMARTS) is 1. The van der Waals surface area contributed by atoms with E-state index >= 15 is 0 Å². The van der Waals surface area contributed by atoms with Crippen LogP contribution in [0.2, 0.25) is 0 Å². The van der Waals surface area contributed by atoms with Gasteiger partial charge in [-0.25, -0.2) is 4.79 Å². The second kappa shape index (κ2) is 4.92. The van der Waals surface area contributed by atoms with Gasteiger partial charge in [-0.1, -0.05) is 30.3 Å². The molecule has 1 aromatic heterocycles. The Balaban J connectivity index is 1.59. The molecule has 0 radical (unpaired) electrons. The minimum atomic E-state index is -0.866. The third-order valence-electron chi connectivity index (χ3n) is 3.91. The van der Waals surface area contributed by atoms with Crippen molar-refractivity contribution in [3.63, 3.8) is 0 Å². The SMILES string of the molecule is O=C(O)c1cc2c([nH]1)C[C@H](CCc1ccccc1)C2. The molecule has 3 nitrogen and oxygen atoms in total. The highest BCUT2D eigenvalue weighted by Gasteiger charge is 2.24. The van der Waals surface area contributed by atoms with E-state index in [1.165, 1.54) is 11.1 Å². The van der Waals surface area contributed by atoms with Crippen LogP contribution in [0.4, 0.5) is 0 Å². The summed E-state index contributed by atoms with van der Waals surface area (Å²) < 4.78 is 0. The molecular weight excluding hydrogens is 238 g/mol. The minimum absolute atomic E-state index is 0.325. The van der Waals surface area contributed by atoms with E-state index in [4.69, 9.17) is 5.11 Å². The number of H-pyrrole nitrogens is 1. The van der Waals surface area contributed by atoms with Crippen molar-refractivity contribution >= 4 is 5.97 Å². The van der Waals surface area contributed by atoms with Gasteiger partial charge in [0.15, 0.2) is 0 Å². The third-order valence-corrected chi connectivity index (χ3v) is 3.91. The smallest absolute Gasteiger partial charge is 0.352 e. The summed E-state index contributed by atoms with van der Waals surface area (Å²) >= 11 is 0. The van der Waals surface area contributed by atoms with Crippen molar-refractivity contribution in [2.24, 2.45) is 5.92 Å². The lowest BCUT2D eigenvalue weighted by atomic mass is 9.97. The normalized spacial score (nSPS) is 17.4. The number of aromatic nitrogens is 1. The predicted octanol–water partition coefficient (Wildman–Crippen LogP) is 3.06. The lowest BCUT2D eigenvalue weighted by molar-refractivity contribution is 0.0691. The standard InChI is InChI=1S/C16H17NO2/c18-16(19)15-10-13-8-12(9-14(13)17-15)7-6-11-4-2-1-3-5-11/h1-5,10,12,17H,6-9H2,(H,18,19)/t12-/m1/s1. The highest BCUT2D eigenvalue weighted by atomic mass is 16.4. The monoisotopic (exact) mass is 255 g/mol. The molecule has 2 aromatic rings. The number of carboxylic acids is 1. The Bertz CT molecular complexity index is 563. The lowest BCUT2D eigenvalue weighted by Gasteiger charge is -2.09. The molecule has 0 spiro atoms. The molecule has 1 aromatic carbocycles. The number of carbonyl (C=O) groups is 1. The summed E-state index contributed by atoms with van der Waals surface area (Å²) in [6.45, 7) is 0. The Morgan fingerprint density at radius 2 is 2.05 bits per heavy atom. The summed E-state index contributed by atoms with van der Waals surface area (Å²) in [6, 6.07) is 12.3. The molecule has 0 unspecified atom stereocenters. The maximum absolute atomic E-state index is 10.9. The van der Waals surface area contributed by atoms with Gasteiger partial charge in [0.2, 0.25) is 0 Å². The lowest BCUT2D eigenvalue weighted by Crippen LogP contribution is -2.04. The quantitative estimate of drug-likeness (QED) is 0.882. The van der Waals surface area contributed by atoms with E-state index in [9.17, 15) is 4.79 Å². The highest BCUT2D eigenvalue weighted by molar-refractivity contribution is 5.86. The zero-order valence-corrected chi connectivity index (χ0v) is 10.7. The largest absolute Gasteiger partial charge is 0.477 e. The van der Waals surface area contributed by atoms with Crippen molar-refractivity contribution in [2.75, 3.05) is 0 Å². The number of aromatic carboxylic acids is 1. The predicted molar refractivity (Wildman–Crippen MR) is 73.4 cm³/mol. The molecule has 0 fully saturated rings. The fourth-order valence-corrected chi connectivity index (χ4v) is 2.91. The summed E-state index contributed by atoms with van der Waals surface area (Å²) in [5, 5.41) is 8.93. The molecule has 0 saturated heterocycles. The number of nitrogens with one attached hydrogen (secondary N) is 1. The van der Waals surface area contributed by atoms with Crippen molar-refractivity contribution in [1.29, 1.82) is 0 Å². The van der Waals surface area contributed by atoms with Crippen molar-refractivity contribution in [2.45, 2.75) is 25.7 Å². The van der Waals surface area contributed by atoms with Crippen LogP contribution in [0.1, 0.15) is 33.7 Å². The molecule has 1 atom stereocenters. The van der Waals surface area contributed by atoms with Crippen LogP contribution >= 0.6 is 0 Å². The van der Waals surface area contributed by atoms with E-state index in [0.717, 1.165) is 31.4 Å². The molecule has 0 aliphatic heterocycles. The molecule has 3 rings (SSSR count). The number of hydrogen-bond donors (Lipinski definition) is 2. The molecule has 2 N–H and O–H groups in total. The molecule has 3 heteroatoms.